The molecule has 0 spiro atoms. The molecule has 68 valence electrons. The van der Waals surface area contributed by atoms with Crippen LogP contribution in [0.5, 0.6) is 0 Å². The van der Waals surface area contributed by atoms with Gasteiger partial charge in [0.15, 0.2) is 0 Å². The molecule has 1 rings (SSSR count). The third-order valence-corrected chi connectivity index (χ3v) is 2.26. The Morgan fingerprint density at radius 3 is 2.75 bits per heavy atom. The van der Waals surface area contributed by atoms with Crippen molar-refractivity contribution in [3.8, 4) is 0 Å². The third-order valence-electron chi connectivity index (χ3n) is 2.26. The van der Waals surface area contributed by atoms with Crippen molar-refractivity contribution in [3.05, 3.63) is 24.7 Å². The standard InChI is InChI=1S/C10H18N2/c1-4-10(2)12-7-5-6-11(3)8-9-12/h5,7-10H,4,6H2,1-3H3. The Bertz CT molecular complexity index is 184. The van der Waals surface area contributed by atoms with Crippen LogP contribution < -0.4 is 0 Å². The van der Waals surface area contributed by atoms with Crippen LogP contribution in [0.15, 0.2) is 24.7 Å². The maximum absolute atomic E-state index is 2.25. The van der Waals surface area contributed by atoms with Gasteiger partial charge in [0.05, 0.1) is 0 Å². The SMILES string of the molecule is CCC(C)N1C=CCN(C)C=C1. The van der Waals surface area contributed by atoms with E-state index in [9.17, 15) is 0 Å². The molecular weight excluding hydrogens is 148 g/mol. The summed E-state index contributed by atoms with van der Waals surface area (Å²) in [5.74, 6) is 0. The highest BCUT2D eigenvalue weighted by Gasteiger charge is 2.05. The lowest BCUT2D eigenvalue weighted by atomic mass is 10.2. The Hall–Kier alpha value is -0.920. The molecule has 12 heavy (non-hydrogen) atoms. The van der Waals surface area contributed by atoms with Crippen LogP contribution in [-0.2, 0) is 0 Å². The molecule has 0 fully saturated rings. The van der Waals surface area contributed by atoms with Gasteiger partial charge in [0.2, 0.25) is 0 Å². The average molecular weight is 166 g/mol. The Kier molecular flexibility index (Phi) is 3.20. The van der Waals surface area contributed by atoms with E-state index < -0.39 is 0 Å². The van der Waals surface area contributed by atoms with Gasteiger partial charge in [-0.25, -0.2) is 0 Å². The summed E-state index contributed by atoms with van der Waals surface area (Å²) in [6, 6.07) is 0.601. The van der Waals surface area contributed by atoms with Gasteiger partial charge < -0.3 is 9.80 Å². The fourth-order valence-electron chi connectivity index (χ4n) is 1.14. The molecule has 0 radical (unpaired) electrons. The molecule has 0 aromatic carbocycles. The van der Waals surface area contributed by atoms with Gasteiger partial charge >= 0.3 is 0 Å². The molecule has 2 heteroatoms. The Balaban J connectivity index is 2.60. The van der Waals surface area contributed by atoms with E-state index in [1.807, 2.05) is 0 Å². The van der Waals surface area contributed by atoms with Crippen molar-refractivity contribution in [1.82, 2.24) is 9.80 Å². The fraction of sp³-hybridized carbons (Fsp3) is 0.600. The number of nitrogens with zero attached hydrogens (tertiary/aromatic N) is 2. The minimum atomic E-state index is 0.601. The number of rotatable bonds is 2. The van der Waals surface area contributed by atoms with Crippen LogP contribution in [-0.4, -0.2) is 29.4 Å². The largest absolute Gasteiger partial charge is 0.375 e. The zero-order chi connectivity index (χ0) is 8.97. The summed E-state index contributed by atoms with van der Waals surface area (Å²) < 4.78 is 0. The maximum Gasteiger partial charge on any atom is 0.0368 e. The molecule has 0 N–H and O–H groups in total. The van der Waals surface area contributed by atoms with Crippen molar-refractivity contribution in [2.75, 3.05) is 13.6 Å². The fourth-order valence-corrected chi connectivity index (χ4v) is 1.14. The van der Waals surface area contributed by atoms with Crippen molar-refractivity contribution in [3.63, 3.8) is 0 Å². The molecule has 0 saturated carbocycles. The van der Waals surface area contributed by atoms with Crippen molar-refractivity contribution in [1.29, 1.82) is 0 Å². The molecule has 0 amide bonds. The van der Waals surface area contributed by atoms with Gasteiger partial charge in [-0.05, 0) is 19.4 Å². The van der Waals surface area contributed by atoms with Crippen LogP contribution in [0.3, 0.4) is 0 Å². The summed E-state index contributed by atoms with van der Waals surface area (Å²) in [6.07, 6.45) is 9.78. The molecule has 0 saturated heterocycles. The molecule has 2 nitrogen and oxygen atoms in total. The summed E-state index contributed by atoms with van der Waals surface area (Å²) in [5.41, 5.74) is 0. The second-order valence-corrected chi connectivity index (χ2v) is 3.33. The Labute approximate surface area is 75.2 Å². The molecule has 1 atom stereocenters. The van der Waals surface area contributed by atoms with Gasteiger partial charge in [0.25, 0.3) is 0 Å². The number of hydrogen-bond acceptors (Lipinski definition) is 2. The van der Waals surface area contributed by atoms with E-state index in [1.54, 1.807) is 0 Å². The molecule has 0 aromatic rings. The Morgan fingerprint density at radius 2 is 2.08 bits per heavy atom. The van der Waals surface area contributed by atoms with E-state index in [2.05, 4.69) is 55.4 Å². The molecular formula is C10H18N2. The second-order valence-electron chi connectivity index (χ2n) is 3.33. The number of likely N-dealkylation sites (N-methyl/N-ethyl adjacent to an activating group) is 1. The third kappa shape index (κ3) is 2.29. The zero-order valence-electron chi connectivity index (χ0n) is 8.20. The van der Waals surface area contributed by atoms with E-state index in [4.69, 9.17) is 0 Å². The smallest absolute Gasteiger partial charge is 0.0368 e. The van der Waals surface area contributed by atoms with Gasteiger partial charge in [-0.3, -0.25) is 0 Å². The van der Waals surface area contributed by atoms with Crippen LogP contribution in [0.25, 0.3) is 0 Å². The molecule has 0 aliphatic carbocycles. The quantitative estimate of drug-likeness (QED) is 0.619. The molecule has 1 heterocycles. The lowest BCUT2D eigenvalue weighted by Gasteiger charge is -2.21. The highest BCUT2D eigenvalue weighted by molar-refractivity contribution is 4.99. The summed E-state index contributed by atoms with van der Waals surface area (Å²) in [5, 5.41) is 0. The molecule has 1 aliphatic rings. The molecule has 0 bridgehead atoms. The first-order valence-electron chi connectivity index (χ1n) is 4.56. The lowest BCUT2D eigenvalue weighted by Crippen LogP contribution is -2.21. The molecule has 1 unspecified atom stereocenters. The normalized spacial score (nSPS) is 19.6. The van der Waals surface area contributed by atoms with Crippen LogP contribution in [0.2, 0.25) is 0 Å². The van der Waals surface area contributed by atoms with Crippen LogP contribution >= 0.6 is 0 Å². The first-order valence-corrected chi connectivity index (χ1v) is 4.56. The van der Waals surface area contributed by atoms with Crippen LogP contribution in [0, 0.1) is 0 Å². The number of hydrogen-bond donors (Lipinski definition) is 0. The highest BCUT2D eigenvalue weighted by atomic mass is 15.2. The topological polar surface area (TPSA) is 6.48 Å². The van der Waals surface area contributed by atoms with Crippen molar-refractivity contribution < 1.29 is 0 Å². The van der Waals surface area contributed by atoms with E-state index in [1.165, 1.54) is 6.42 Å². The zero-order valence-corrected chi connectivity index (χ0v) is 8.20. The molecule has 1 aliphatic heterocycles. The van der Waals surface area contributed by atoms with Gasteiger partial charge in [-0.2, -0.15) is 0 Å². The monoisotopic (exact) mass is 166 g/mol. The van der Waals surface area contributed by atoms with E-state index in [-0.39, 0.29) is 0 Å². The van der Waals surface area contributed by atoms with Gasteiger partial charge in [0.1, 0.15) is 0 Å². The van der Waals surface area contributed by atoms with Crippen LogP contribution in [0.1, 0.15) is 20.3 Å². The van der Waals surface area contributed by atoms with Crippen molar-refractivity contribution in [2.45, 2.75) is 26.3 Å². The Morgan fingerprint density at radius 1 is 1.33 bits per heavy atom. The minimum Gasteiger partial charge on any atom is -0.375 e. The van der Waals surface area contributed by atoms with E-state index in [0.29, 0.717) is 6.04 Å². The average Bonchev–Trinajstić information content (AvgIpc) is 2.29. The second kappa shape index (κ2) is 4.19. The highest BCUT2D eigenvalue weighted by Crippen LogP contribution is 2.07. The van der Waals surface area contributed by atoms with Gasteiger partial charge in [0, 0.05) is 38.2 Å². The first-order chi connectivity index (χ1) is 5.74. The predicted molar refractivity (Wildman–Crippen MR) is 52.5 cm³/mol. The summed E-state index contributed by atoms with van der Waals surface area (Å²) >= 11 is 0. The molecule has 0 aromatic heterocycles. The van der Waals surface area contributed by atoms with E-state index >= 15 is 0 Å². The summed E-state index contributed by atoms with van der Waals surface area (Å²) in [6.45, 7) is 5.45. The van der Waals surface area contributed by atoms with Crippen LogP contribution in [0.4, 0.5) is 0 Å². The minimum absolute atomic E-state index is 0.601. The van der Waals surface area contributed by atoms with Crippen molar-refractivity contribution in [2.24, 2.45) is 0 Å². The van der Waals surface area contributed by atoms with E-state index in [0.717, 1.165) is 6.54 Å². The predicted octanol–water partition coefficient (Wildman–Crippen LogP) is 2.02. The maximum atomic E-state index is 2.25. The summed E-state index contributed by atoms with van der Waals surface area (Å²) in [4.78, 5) is 4.42. The first kappa shape index (κ1) is 9.17. The van der Waals surface area contributed by atoms with Gasteiger partial charge in [-0.15, -0.1) is 0 Å². The summed E-state index contributed by atoms with van der Waals surface area (Å²) in [7, 11) is 2.08. The van der Waals surface area contributed by atoms with Crippen molar-refractivity contribution >= 4 is 0 Å². The van der Waals surface area contributed by atoms with Gasteiger partial charge in [-0.1, -0.05) is 6.92 Å². The lowest BCUT2D eigenvalue weighted by molar-refractivity contribution is 0.378.